The molecule has 2 saturated carbocycles. The summed E-state index contributed by atoms with van der Waals surface area (Å²) >= 11 is 0. The van der Waals surface area contributed by atoms with E-state index in [0.717, 1.165) is 16.3 Å². The molecule has 4 aliphatic rings. The molecule has 37 heavy (non-hydrogen) atoms. The maximum absolute atomic E-state index is 16.2. The summed E-state index contributed by atoms with van der Waals surface area (Å²) in [7, 11) is 3.75. The number of alkyl halides is 1. The molecule has 0 amide bonds. The Labute approximate surface area is 218 Å². The lowest BCUT2D eigenvalue weighted by Crippen LogP contribution is -2.55. The van der Waals surface area contributed by atoms with Crippen molar-refractivity contribution in [2.45, 2.75) is 75.3 Å². The second kappa shape index (κ2) is 9.45. The van der Waals surface area contributed by atoms with Crippen LogP contribution in [0.4, 0.5) is 10.2 Å². The minimum Gasteiger partial charge on any atom is -0.393 e. The number of nitrogen functional groups attached to an aromatic ring is 1. The summed E-state index contributed by atoms with van der Waals surface area (Å²) in [6.07, 6.45) is 7.05. The molecule has 2 aromatic rings. The molecule has 7 heteroatoms. The van der Waals surface area contributed by atoms with Gasteiger partial charge in [-0.15, -0.1) is 0 Å². The zero-order chi connectivity index (χ0) is 26.6. The molecule has 6 N–H and O–H groups in total. The van der Waals surface area contributed by atoms with Gasteiger partial charge in [-0.3, -0.25) is 0 Å². The SMILES string of the molecule is CC12CC=C3C(O)C4(F)CC(O)CCC4CC[C@]3(O)C1CC=C2c1ccc2cc(N)ncc2c1.CNC. The van der Waals surface area contributed by atoms with Crippen molar-refractivity contribution in [2.24, 2.45) is 17.3 Å². The van der Waals surface area contributed by atoms with Gasteiger partial charge in [0.1, 0.15) is 17.6 Å². The zero-order valence-corrected chi connectivity index (χ0v) is 22.0. The number of nitrogens with two attached hydrogens (primary N) is 1. The van der Waals surface area contributed by atoms with Crippen molar-refractivity contribution in [3.63, 3.8) is 0 Å². The Morgan fingerprint density at radius 1 is 1.08 bits per heavy atom. The van der Waals surface area contributed by atoms with Gasteiger partial charge in [0.2, 0.25) is 0 Å². The number of benzene rings is 1. The fourth-order valence-electron chi connectivity index (χ4n) is 7.67. The van der Waals surface area contributed by atoms with Crippen LogP contribution in [0, 0.1) is 17.3 Å². The van der Waals surface area contributed by atoms with Crippen LogP contribution >= 0.6 is 0 Å². The third-order valence-electron chi connectivity index (χ3n) is 9.52. The number of aromatic nitrogens is 1. The van der Waals surface area contributed by atoms with E-state index in [-0.39, 0.29) is 23.7 Å². The Hall–Kier alpha value is -2.32. The summed E-state index contributed by atoms with van der Waals surface area (Å²) in [6.45, 7) is 2.19. The molecule has 4 aliphatic carbocycles. The highest BCUT2D eigenvalue weighted by Gasteiger charge is 2.62. The molecule has 1 aromatic carbocycles. The number of hydrogen-bond acceptors (Lipinski definition) is 6. The number of aliphatic hydroxyl groups excluding tert-OH is 2. The fourth-order valence-corrected chi connectivity index (χ4v) is 7.67. The van der Waals surface area contributed by atoms with Crippen molar-refractivity contribution in [3.05, 3.63) is 53.8 Å². The first-order valence-electron chi connectivity index (χ1n) is 13.5. The molecule has 1 heterocycles. The molecule has 6 rings (SSSR count). The number of rotatable bonds is 1. The molecule has 2 fully saturated rings. The van der Waals surface area contributed by atoms with Crippen LogP contribution in [0.5, 0.6) is 0 Å². The smallest absolute Gasteiger partial charge is 0.145 e. The van der Waals surface area contributed by atoms with Gasteiger partial charge >= 0.3 is 0 Å². The predicted molar refractivity (Wildman–Crippen MR) is 145 cm³/mol. The predicted octanol–water partition coefficient (Wildman–Crippen LogP) is 4.15. The lowest BCUT2D eigenvalue weighted by atomic mass is 9.57. The highest BCUT2D eigenvalue weighted by atomic mass is 19.1. The van der Waals surface area contributed by atoms with Gasteiger partial charge in [0.15, 0.2) is 0 Å². The van der Waals surface area contributed by atoms with Crippen LogP contribution in [0.15, 0.2) is 48.2 Å². The molecule has 1 aromatic heterocycles. The monoisotopic (exact) mass is 509 g/mol. The Kier molecular flexibility index (Phi) is 6.72. The Morgan fingerprint density at radius 3 is 2.59 bits per heavy atom. The van der Waals surface area contributed by atoms with Crippen molar-refractivity contribution in [2.75, 3.05) is 19.8 Å². The van der Waals surface area contributed by atoms with E-state index < -0.39 is 23.5 Å². The van der Waals surface area contributed by atoms with Gasteiger partial charge in [0, 0.05) is 29.3 Å². The summed E-state index contributed by atoms with van der Waals surface area (Å²) in [5.41, 5.74) is 5.07. The van der Waals surface area contributed by atoms with E-state index >= 15 is 4.39 Å². The lowest BCUT2D eigenvalue weighted by Gasteiger charge is -2.50. The average Bonchev–Trinajstić information content (AvgIpc) is 3.18. The number of nitrogens with zero attached hydrogens (tertiary/aromatic N) is 1. The van der Waals surface area contributed by atoms with Crippen LogP contribution < -0.4 is 11.1 Å². The van der Waals surface area contributed by atoms with Crippen molar-refractivity contribution in [1.82, 2.24) is 10.3 Å². The first-order valence-corrected chi connectivity index (χ1v) is 13.5. The summed E-state index contributed by atoms with van der Waals surface area (Å²) in [5.74, 6) is 0.00525. The minimum absolute atomic E-state index is 0.0622. The maximum Gasteiger partial charge on any atom is 0.145 e. The maximum atomic E-state index is 16.2. The molecule has 0 saturated heterocycles. The van der Waals surface area contributed by atoms with E-state index in [1.807, 2.05) is 26.2 Å². The number of allylic oxidation sites excluding steroid dienone is 3. The van der Waals surface area contributed by atoms with E-state index in [1.165, 1.54) is 5.57 Å². The quantitative estimate of drug-likeness (QED) is 0.370. The largest absolute Gasteiger partial charge is 0.393 e. The second-order valence-electron chi connectivity index (χ2n) is 11.8. The molecular weight excluding hydrogens is 469 g/mol. The average molecular weight is 510 g/mol. The first kappa shape index (κ1) is 26.3. The van der Waals surface area contributed by atoms with E-state index in [0.29, 0.717) is 49.9 Å². The number of hydrogen-bond donors (Lipinski definition) is 5. The van der Waals surface area contributed by atoms with Crippen molar-refractivity contribution >= 4 is 22.2 Å². The number of halogens is 1. The van der Waals surface area contributed by atoms with Gasteiger partial charge in [0.05, 0.1) is 11.7 Å². The van der Waals surface area contributed by atoms with Crippen LogP contribution in [0.2, 0.25) is 0 Å². The standard InChI is InChI=1S/C28H33FN2O3.C2H7N/c1-26-10-9-22-25(33)27(29)14-20(32)5-4-19(27)8-11-28(22,34)23(26)7-6-21(26)17-3-2-16-13-24(30)31-15-18(16)12-17;1-3-2/h2-3,6,9,12-13,15,19-20,23,25,32-34H,4-5,7-8,10-11,14H2,1H3,(H2,30,31);3H,1-2H3/t19?,20?,23?,25?,26?,27?,28-;/m1./s1. The van der Waals surface area contributed by atoms with Crippen molar-refractivity contribution in [1.29, 1.82) is 0 Å². The van der Waals surface area contributed by atoms with Crippen LogP contribution in [0.1, 0.15) is 57.4 Å². The molecule has 0 spiro atoms. The normalized spacial score (nSPS) is 38.8. The second-order valence-corrected chi connectivity index (χ2v) is 11.8. The van der Waals surface area contributed by atoms with Crippen molar-refractivity contribution in [3.8, 4) is 0 Å². The minimum atomic E-state index is -1.89. The summed E-state index contributed by atoms with van der Waals surface area (Å²) in [4.78, 5) is 4.23. The first-order chi connectivity index (χ1) is 17.6. The molecule has 0 radical (unpaired) electrons. The number of aliphatic hydroxyl groups is 3. The summed E-state index contributed by atoms with van der Waals surface area (Å²) in [6, 6.07) is 8.14. The molecule has 6 nitrogen and oxygen atoms in total. The van der Waals surface area contributed by atoms with Crippen LogP contribution in [0.3, 0.4) is 0 Å². The van der Waals surface area contributed by atoms with E-state index in [4.69, 9.17) is 5.73 Å². The van der Waals surface area contributed by atoms with Crippen LogP contribution in [0.25, 0.3) is 16.3 Å². The third-order valence-corrected chi connectivity index (χ3v) is 9.52. The van der Waals surface area contributed by atoms with E-state index in [2.05, 4.69) is 41.5 Å². The topological polar surface area (TPSA) is 112 Å². The summed E-state index contributed by atoms with van der Waals surface area (Å²) in [5, 5.41) is 38.4. The number of fused-ring (bicyclic) bond motifs is 5. The molecule has 200 valence electrons. The van der Waals surface area contributed by atoms with Crippen LogP contribution in [-0.2, 0) is 0 Å². The van der Waals surface area contributed by atoms with Gasteiger partial charge in [0.25, 0.3) is 0 Å². The highest BCUT2D eigenvalue weighted by Crippen LogP contribution is 2.63. The van der Waals surface area contributed by atoms with Gasteiger partial charge in [-0.25, -0.2) is 9.37 Å². The molecule has 7 atom stereocenters. The lowest BCUT2D eigenvalue weighted by molar-refractivity contribution is -0.0963. The van der Waals surface area contributed by atoms with E-state index in [9.17, 15) is 15.3 Å². The number of pyridine rings is 1. The van der Waals surface area contributed by atoms with Gasteiger partial charge < -0.3 is 26.4 Å². The zero-order valence-electron chi connectivity index (χ0n) is 22.0. The Balaban J connectivity index is 0.000000892. The molecule has 0 bridgehead atoms. The van der Waals surface area contributed by atoms with Gasteiger partial charge in [-0.2, -0.15) is 0 Å². The molecular formula is C30H40FN3O3. The highest BCUT2D eigenvalue weighted by molar-refractivity contribution is 5.88. The Bertz CT molecular complexity index is 1250. The van der Waals surface area contributed by atoms with E-state index in [1.54, 1.807) is 6.20 Å². The molecule has 0 aliphatic heterocycles. The third kappa shape index (κ3) is 4.11. The van der Waals surface area contributed by atoms with Gasteiger partial charge in [-0.1, -0.05) is 31.2 Å². The fraction of sp³-hybridized carbons (Fsp3) is 0.567. The number of anilines is 1. The Morgan fingerprint density at radius 2 is 1.84 bits per heavy atom. The summed E-state index contributed by atoms with van der Waals surface area (Å²) < 4.78 is 16.2. The van der Waals surface area contributed by atoms with Crippen LogP contribution in [-0.4, -0.2) is 57.9 Å². The van der Waals surface area contributed by atoms with Gasteiger partial charge in [-0.05, 0) is 92.8 Å². The number of nitrogens with one attached hydrogen (secondary N) is 1. The molecule has 6 unspecified atom stereocenters. The van der Waals surface area contributed by atoms with Crippen molar-refractivity contribution < 1.29 is 19.7 Å².